The predicted octanol–water partition coefficient (Wildman–Crippen LogP) is 3.16. The van der Waals surface area contributed by atoms with Gasteiger partial charge in [-0.05, 0) is 35.4 Å². The van der Waals surface area contributed by atoms with Crippen LogP contribution in [-0.4, -0.2) is 34.1 Å². The molecule has 1 aliphatic carbocycles. The number of hydrogen-bond donors (Lipinski definition) is 0. The van der Waals surface area contributed by atoms with Gasteiger partial charge in [-0.2, -0.15) is 0 Å². The topological polar surface area (TPSA) is 77.5 Å². The molecule has 4 rings (SSSR count). The molecule has 7 heteroatoms. The van der Waals surface area contributed by atoms with E-state index >= 15 is 0 Å². The first-order valence-corrected chi connectivity index (χ1v) is 11.8. The van der Waals surface area contributed by atoms with Gasteiger partial charge in [-0.25, -0.2) is 16.8 Å². The number of ether oxygens (including phenoxy) is 1. The fraction of sp³-hybridized carbons (Fsp3) is 0.238. The van der Waals surface area contributed by atoms with Crippen molar-refractivity contribution in [3.05, 3.63) is 84.5 Å². The fourth-order valence-electron chi connectivity index (χ4n) is 4.15. The van der Waals surface area contributed by atoms with Gasteiger partial charge in [0.2, 0.25) is 0 Å². The zero-order valence-electron chi connectivity index (χ0n) is 15.1. The van der Waals surface area contributed by atoms with E-state index in [0.29, 0.717) is 17.8 Å². The number of sulfone groups is 2. The van der Waals surface area contributed by atoms with Gasteiger partial charge in [0.1, 0.15) is 0 Å². The van der Waals surface area contributed by atoms with Gasteiger partial charge in [0, 0.05) is 12.3 Å². The van der Waals surface area contributed by atoms with Crippen LogP contribution in [0.4, 0.5) is 0 Å². The Morgan fingerprint density at radius 3 is 1.86 bits per heavy atom. The molecular formula is C21H20O5S2. The highest BCUT2D eigenvalue weighted by molar-refractivity contribution is 8.10. The molecule has 28 heavy (non-hydrogen) atoms. The van der Waals surface area contributed by atoms with E-state index in [0.717, 1.165) is 0 Å². The molecule has 0 aromatic heterocycles. The van der Waals surface area contributed by atoms with Crippen molar-refractivity contribution < 1.29 is 21.6 Å². The van der Waals surface area contributed by atoms with E-state index in [1.165, 1.54) is 24.3 Å². The van der Waals surface area contributed by atoms with Crippen LogP contribution >= 0.6 is 0 Å². The molecule has 0 bridgehead atoms. The molecule has 1 aliphatic heterocycles. The van der Waals surface area contributed by atoms with Gasteiger partial charge >= 0.3 is 0 Å². The molecule has 146 valence electrons. The molecule has 0 unspecified atom stereocenters. The highest BCUT2D eigenvalue weighted by Crippen LogP contribution is 2.55. The first-order valence-electron chi connectivity index (χ1n) is 8.88. The first-order chi connectivity index (χ1) is 13.3. The Bertz CT molecular complexity index is 1080. The van der Waals surface area contributed by atoms with Gasteiger partial charge < -0.3 is 4.74 Å². The number of allylic oxidation sites excluding steroid dienone is 1. The molecule has 5 nitrogen and oxygen atoms in total. The molecule has 2 aliphatic rings. The maximum absolute atomic E-state index is 13.9. The van der Waals surface area contributed by atoms with Gasteiger partial charge in [0.05, 0.1) is 23.0 Å². The second kappa shape index (κ2) is 6.69. The fourth-order valence-corrected chi connectivity index (χ4v) is 9.58. The Morgan fingerprint density at radius 1 is 0.857 bits per heavy atom. The lowest BCUT2D eigenvalue weighted by Gasteiger charge is -2.35. The summed E-state index contributed by atoms with van der Waals surface area (Å²) in [5, 5.41) is 0. The molecule has 0 spiro atoms. The van der Waals surface area contributed by atoms with Crippen molar-refractivity contribution in [3.8, 4) is 0 Å². The largest absolute Gasteiger partial charge is 0.377 e. The van der Waals surface area contributed by atoms with E-state index in [9.17, 15) is 16.8 Å². The van der Waals surface area contributed by atoms with E-state index < -0.39 is 29.7 Å². The van der Waals surface area contributed by atoms with Gasteiger partial charge in [0.25, 0.3) is 0 Å². The van der Waals surface area contributed by atoms with Crippen LogP contribution in [0.2, 0.25) is 0 Å². The Balaban J connectivity index is 2.06. The Labute approximate surface area is 165 Å². The highest BCUT2D eigenvalue weighted by atomic mass is 32.3. The normalized spacial score (nSPS) is 21.8. The number of hydrogen-bond acceptors (Lipinski definition) is 5. The summed E-state index contributed by atoms with van der Waals surface area (Å²) >= 11 is 0. The zero-order chi connectivity index (χ0) is 20.0. The standard InChI is InChI=1S/C21H20O5S2/c1-16-14-21(20-15-26-13-12-19(16)20,27(22,23)17-8-4-2-5-9-17)28(24,25)18-10-6-3-7-11-18/h2-12,20H,1,13-15H2/t20-/m0/s1. The second-order valence-corrected chi connectivity index (χ2v) is 11.6. The average Bonchev–Trinajstić information content (AvgIpc) is 3.04. The number of rotatable bonds is 4. The minimum Gasteiger partial charge on any atom is -0.377 e. The molecule has 1 fully saturated rings. The molecule has 1 saturated carbocycles. The smallest absolute Gasteiger partial charge is 0.199 e. The summed E-state index contributed by atoms with van der Waals surface area (Å²) in [5.41, 5.74) is 1.21. The van der Waals surface area contributed by atoms with E-state index in [1.807, 2.05) is 0 Å². The third kappa shape index (κ3) is 2.53. The molecule has 1 heterocycles. The minimum atomic E-state index is -4.28. The molecule has 0 saturated heterocycles. The summed E-state index contributed by atoms with van der Waals surface area (Å²) in [5.74, 6) is -0.829. The minimum absolute atomic E-state index is 0.0168. The summed E-state index contributed by atoms with van der Waals surface area (Å²) in [6.45, 7) is 4.33. The van der Waals surface area contributed by atoms with Gasteiger partial charge in [-0.15, -0.1) is 0 Å². The van der Waals surface area contributed by atoms with Crippen molar-refractivity contribution in [1.29, 1.82) is 0 Å². The monoisotopic (exact) mass is 416 g/mol. The summed E-state index contributed by atoms with van der Waals surface area (Å²) in [4.78, 5) is -0.0386. The van der Waals surface area contributed by atoms with E-state index in [2.05, 4.69) is 6.58 Å². The SMILES string of the molecule is C=C1CC(S(=O)(=O)c2ccccc2)(S(=O)(=O)c2ccccc2)[C@H]2COCC=C12. The van der Waals surface area contributed by atoms with Crippen molar-refractivity contribution in [2.24, 2.45) is 5.92 Å². The quantitative estimate of drug-likeness (QED) is 0.765. The van der Waals surface area contributed by atoms with Crippen molar-refractivity contribution in [2.75, 3.05) is 13.2 Å². The lowest BCUT2D eigenvalue weighted by Crippen LogP contribution is -2.51. The van der Waals surface area contributed by atoms with Crippen LogP contribution in [0.25, 0.3) is 0 Å². The molecule has 0 radical (unpaired) electrons. The molecule has 0 amide bonds. The van der Waals surface area contributed by atoms with Crippen molar-refractivity contribution >= 4 is 19.7 Å². The van der Waals surface area contributed by atoms with Crippen molar-refractivity contribution in [2.45, 2.75) is 20.3 Å². The Kier molecular flexibility index (Phi) is 4.56. The molecule has 2 aromatic rings. The summed E-state index contributed by atoms with van der Waals surface area (Å²) in [7, 11) is -8.56. The maximum Gasteiger partial charge on any atom is 0.199 e. The third-order valence-corrected chi connectivity index (χ3v) is 11.3. The van der Waals surface area contributed by atoms with Crippen molar-refractivity contribution in [1.82, 2.24) is 0 Å². The third-order valence-electron chi connectivity index (χ3n) is 5.50. The number of benzene rings is 2. The predicted molar refractivity (Wildman–Crippen MR) is 106 cm³/mol. The summed E-state index contributed by atoms with van der Waals surface area (Å²) in [6.07, 6.45) is 1.57. The maximum atomic E-state index is 13.9. The van der Waals surface area contributed by atoms with Gasteiger partial charge in [0.15, 0.2) is 23.8 Å². The lowest BCUT2D eigenvalue weighted by atomic mass is 10.00. The molecule has 1 atom stereocenters. The average molecular weight is 417 g/mol. The van der Waals surface area contributed by atoms with Crippen LogP contribution in [0.15, 0.2) is 94.3 Å². The van der Waals surface area contributed by atoms with Gasteiger partial charge in [-0.1, -0.05) is 49.1 Å². The molecule has 2 aromatic carbocycles. The summed E-state index contributed by atoms with van der Waals surface area (Å²) < 4.78 is 58.9. The zero-order valence-corrected chi connectivity index (χ0v) is 16.7. The lowest BCUT2D eigenvalue weighted by molar-refractivity contribution is 0.120. The first kappa shape index (κ1) is 19.1. The Morgan fingerprint density at radius 2 is 1.36 bits per heavy atom. The van der Waals surface area contributed by atoms with Crippen LogP contribution in [0.3, 0.4) is 0 Å². The van der Waals surface area contributed by atoms with Gasteiger partial charge in [-0.3, -0.25) is 0 Å². The van der Waals surface area contributed by atoms with E-state index in [1.54, 1.807) is 42.5 Å². The summed E-state index contributed by atoms with van der Waals surface area (Å²) in [6, 6.07) is 15.5. The van der Waals surface area contributed by atoms with Crippen LogP contribution in [0.5, 0.6) is 0 Å². The second-order valence-electron chi connectivity index (χ2n) is 6.97. The molecule has 0 N–H and O–H groups in total. The van der Waals surface area contributed by atoms with Crippen LogP contribution in [0, 0.1) is 5.92 Å². The van der Waals surface area contributed by atoms with Crippen LogP contribution in [-0.2, 0) is 24.4 Å². The Hall–Kier alpha value is -2.22. The molecular weight excluding hydrogens is 396 g/mol. The van der Waals surface area contributed by atoms with E-state index in [-0.39, 0.29) is 22.8 Å². The van der Waals surface area contributed by atoms with Crippen LogP contribution < -0.4 is 0 Å². The van der Waals surface area contributed by atoms with Crippen molar-refractivity contribution in [3.63, 3.8) is 0 Å². The van der Waals surface area contributed by atoms with Crippen LogP contribution in [0.1, 0.15) is 6.42 Å². The highest BCUT2D eigenvalue weighted by Gasteiger charge is 2.65. The van der Waals surface area contributed by atoms with E-state index in [4.69, 9.17) is 4.74 Å². The number of fused-ring (bicyclic) bond motifs is 1.